The highest BCUT2D eigenvalue weighted by atomic mass is 127. The number of aromatic nitrogens is 1. The van der Waals surface area contributed by atoms with Crippen molar-refractivity contribution < 1.29 is 8.42 Å². The Morgan fingerprint density at radius 2 is 1.82 bits per heavy atom. The summed E-state index contributed by atoms with van der Waals surface area (Å²) >= 11 is 1.68. The highest BCUT2D eigenvalue weighted by Gasteiger charge is 2.16. The Morgan fingerprint density at radius 3 is 2.32 bits per heavy atom. The molecule has 0 fully saturated rings. The first-order chi connectivity index (χ1) is 12.7. The molecule has 0 aliphatic heterocycles. The molecule has 28 heavy (non-hydrogen) atoms. The van der Waals surface area contributed by atoms with Gasteiger partial charge in [0.25, 0.3) is 0 Å². The Morgan fingerprint density at radius 1 is 1.18 bits per heavy atom. The van der Waals surface area contributed by atoms with Gasteiger partial charge < -0.3 is 10.6 Å². The van der Waals surface area contributed by atoms with Crippen LogP contribution in [0.1, 0.15) is 28.1 Å². The monoisotopic (exact) mass is 537 g/mol. The molecule has 0 aliphatic rings. The summed E-state index contributed by atoms with van der Waals surface area (Å²) in [7, 11) is -0.363. The van der Waals surface area contributed by atoms with Crippen LogP contribution in [0.15, 0.2) is 34.2 Å². The second-order valence-corrected chi connectivity index (χ2v) is 9.66. The second kappa shape index (κ2) is 11.1. The third-order valence-electron chi connectivity index (χ3n) is 3.88. The fraction of sp³-hybridized carbons (Fsp3) is 0.444. The summed E-state index contributed by atoms with van der Waals surface area (Å²) in [6.45, 7) is 7.91. The lowest BCUT2D eigenvalue weighted by Crippen LogP contribution is -2.36. The van der Waals surface area contributed by atoms with Crippen molar-refractivity contribution in [2.45, 2.75) is 38.8 Å². The number of rotatable bonds is 7. The summed E-state index contributed by atoms with van der Waals surface area (Å²) in [6, 6.07) is 6.81. The van der Waals surface area contributed by atoms with Crippen molar-refractivity contribution in [3.8, 4) is 0 Å². The van der Waals surface area contributed by atoms with Gasteiger partial charge in [0.15, 0.2) is 5.96 Å². The van der Waals surface area contributed by atoms with Crippen LogP contribution in [0.4, 0.5) is 0 Å². The summed E-state index contributed by atoms with van der Waals surface area (Å²) in [6.07, 6.45) is 0. The lowest BCUT2D eigenvalue weighted by molar-refractivity contribution is 0.520. The molecular weight excluding hydrogens is 509 g/mol. The van der Waals surface area contributed by atoms with E-state index in [1.807, 2.05) is 20.8 Å². The van der Waals surface area contributed by atoms with Gasteiger partial charge >= 0.3 is 0 Å². The van der Waals surface area contributed by atoms with Crippen molar-refractivity contribution in [2.75, 3.05) is 20.6 Å². The number of thiazole rings is 1. The average molecular weight is 537 g/mol. The van der Waals surface area contributed by atoms with Gasteiger partial charge in [0.05, 0.1) is 28.7 Å². The van der Waals surface area contributed by atoms with Crippen molar-refractivity contribution in [1.29, 1.82) is 0 Å². The molecule has 0 atom stereocenters. The molecule has 1 aromatic carbocycles. The van der Waals surface area contributed by atoms with Crippen LogP contribution in [0.3, 0.4) is 0 Å². The third kappa shape index (κ3) is 6.68. The van der Waals surface area contributed by atoms with Gasteiger partial charge in [-0.2, -0.15) is 0 Å². The highest BCUT2D eigenvalue weighted by molar-refractivity contribution is 14.0. The van der Waals surface area contributed by atoms with Gasteiger partial charge in [0, 0.05) is 25.5 Å². The predicted octanol–water partition coefficient (Wildman–Crippen LogP) is 2.88. The molecule has 2 aromatic rings. The Kier molecular flexibility index (Phi) is 9.81. The Bertz CT molecular complexity index is 893. The van der Waals surface area contributed by atoms with Crippen LogP contribution in [0.2, 0.25) is 0 Å². The molecule has 7 nitrogen and oxygen atoms in total. The fourth-order valence-corrected chi connectivity index (χ4v) is 4.17. The number of sulfonamides is 1. The van der Waals surface area contributed by atoms with E-state index in [0.717, 1.165) is 22.8 Å². The van der Waals surface area contributed by atoms with E-state index in [-0.39, 0.29) is 28.9 Å². The van der Waals surface area contributed by atoms with E-state index in [1.165, 1.54) is 23.3 Å². The number of aryl methyl sites for hydroxylation is 2. The quantitative estimate of drug-likeness (QED) is 0.322. The molecule has 1 aromatic heterocycles. The minimum absolute atomic E-state index is 0. The summed E-state index contributed by atoms with van der Waals surface area (Å²) in [4.78, 5) is 10.5. The molecule has 2 rings (SSSR count). The molecule has 0 saturated carbocycles. The van der Waals surface area contributed by atoms with E-state index < -0.39 is 10.0 Å². The molecule has 156 valence electrons. The van der Waals surface area contributed by atoms with Crippen molar-refractivity contribution >= 4 is 51.3 Å². The Labute approximate surface area is 188 Å². The average Bonchev–Trinajstić information content (AvgIpc) is 2.95. The number of guanidine groups is 1. The van der Waals surface area contributed by atoms with Crippen LogP contribution in [-0.4, -0.2) is 44.3 Å². The highest BCUT2D eigenvalue weighted by Crippen LogP contribution is 2.17. The van der Waals surface area contributed by atoms with E-state index in [0.29, 0.717) is 19.0 Å². The van der Waals surface area contributed by atoms with Crippen LogP contribution in [0, 0.1) is 13.8 Å². The summed E-state index contributed by atoms with van der Waals surface area (Å²) < 4.78 is 25.4. The van der Waals surface area contributed by atoms with Gasteiger partial charge in [0.1, 0.15) is 0 Å². The minimum atomic E-state index is -3.41. The maximum atomic E-state index is 12.1. The van der Waals surface area contributed by atoms with Gasteiger partial charge in [-0.1, -0.05) is 12.1 Å². The fourth-order valence-electron chi connectivity index (χ4n) is 2.39. The third-order valence-corrected chi connectivity index (χ3v) is 6.78. The largest absolute Gasteiger partial charge is 0.357 e. The first kappa shape index (κ1) is 24.8. The van der Waals surface area contributed by atoms with E-state index >= 15 is 0 Å². The van der Waals surface area contributed by atoms with Crippen molar-refractivity contribution in [3.63, 3.8) is 0 Å². The maximum absolute atomic E-state index is 12.1. The Hall–Kier alpha value is -1.24. The first-order valence-corrected chi connectivity index (χ1v) is 11.0. The summed E-state index contributed by atoms with van der Waals surface area (Å²) in [5.41, 5.74) is 1.98. The van der Waals surface area contributed by atoms with Gasteiger partial charge in [-0.15, -0.1) is 35.3 Å². The molecule has 1 heterocycles. The number of aliphatic imine (C=N–C) groups is 1. The number of halogens is 1. The second-order valence-electron chi connectivity index (χ2n) is 6.22. The van der Waals surface area contributed by atoms with Gasteiger partial charge in [-0.05, 0) is 38.5 Å². The zero-order valence-electron chi connectivity index (χ0n) is 16.8. The molecule has 0 unspecified atom stereocenters. The topological polar surface area (TPSA) is 86.7 Å². The maximum Gasteiger partial charge on any atom is 0.242 e. The smallest absolute Gasteiger partial charge is 0.242 e. The molecule has 0 amide bonds. The van der Waals surface area contributed by atoms with E-state index in [2.05, 4.69) is 20.6 Å². The van der Waals surface area contributed by atoms with E-state index in [1.54, 1.807) is 35.6 Å². The predicted molar refractivity (Wildman–Crippen MR) is 126 cm³/mol. The summed E-state index contributed by atoms with van der Waals surface area (Å²) in [5.74, 6) is 0.716. The van der Waals surface area contributed by atoms with Crippen LogP contribution >= 0.6 is 35.3 Å². The normalized spacial score (nSPS) is 12.0. The molecule has 10 heteroatoms. The molecule has 0 saturated heterocycles. The van der Waals surface area contributed by atoms with Crippen LogP contribution in [0.25, 0.3) is 0 Å². The number of hydrogen-bond acceptors (Lipinski definition) is 5. The van der Waals surface area contributed by atoms with Crippen molar-refractivity contribution in [2.24, 2.45) is 4.99 Å². The zero-order chi connectivity index (χ0) is 20.0. The number of nitrogens with zero attached hydrogens (tertiary/aromatic N) is 3. The minimum Gasteiger partial charge on any atom is -0.357 e. The van der Waals surface area contributed by atoms with Gasteiger partial charge in [0.2, 0.25) is 10.0 Å². The number of hydrogen-bond donors (Lipinski definition) is 2. The van der Waals surface area contributed by atoms with Crippen LogP contribution in [-0.2, 0) is 23.1 Å². The molecule has 0 aliphatic carbocycles. The lowest BCUT2D eigenvalue weighted by atomic mass is 10.2. The summed E-state index contributed by atoms with van der Waals surface area (Å²) in [5, 5.41) is 7.59. The molecule has 0 radical (unpaired) electrons. The number of benzene rings is 1. The molecule has 0 spiro atoms. The first-order valence-electron chi connectivity index (χ1n) is 8.70. The van der Waals surface area contributed by atoms with Crippen LogP contribution < -0.4 is 10.6 Å². The number of nitrogens with one attached hydrogen (secondary N) is 2. The van der Waals surface area contributed by atoms with E-state index in [4.69, 9.17) is 0 Å². The van der Waals surface area contributed by atoms with Crippen LogP contribution in [0.5, 0.6) is 0 Å². The van der Waals surface area contributed by atoms with Gasteiger partial charge in [-0.25, -0.2) is 22.7 Å². The molecule has 0 bridgehead atoms. The van der Waals surface area contributed by atoms with Crippen molar-refractivity contribution in [1.82, 2.24) is 19.9 Å². The van der Waals surface area contributed by atoms with Crippen molar-refractivity contribution in [3.05, 3.63) is 45.4 Å². The lowest BCUT2D eigenvalue weighted by Gasteiger charge is -2.12. The molecule has 2 N–H and O–H groups in total. The van der Waals surface area contributed by atoms with E-state index in [9.17, 15) is 8.42 Å². The SMILES string of the molecule is CCNC(=NCc1ccc(S(=O)(=O)N(C)C)cc1)NCc1sc(C)nc1C.I. The molecular formula is C18H28IN5O2S2. The standard InChI is InChI=1S/C18H27N5O2S2.HI/c1-6-19-18(21-12-17-13(2)22-14(3)26-17)20-11-15-7-9-16(10-8-15)27(24,25)23(4)5;/h7-10H,6,11-12H2,1-5H3,(H2,19,20,21);1H. The van der Waals surface area contributed by atoms with Gasteiger partial charge in [-0.3, -0.25) is 0 Å². The zero-order valence-corrected chi connectivity index (χ0v) is 20.8. The Balaban J connectivity index is 0.00000392.